The first-order valence-corrected chi connectivity index (χ1v) is 6.96. The molecule has 1 aliphatic heterocycles. The third-order valence-electron chi connectivity index (χ3n) is 3.48. The van der Waals surface area contributed by atoms with Gasteiger partial charge in [0.15, 0.2) is 0 Å². The standard InChI is InChI=1S/C14H25NO3/c1-4-18-14(17)8-7-12(16)10-15-9-5-6-13(15)11(2)3/h11,13H,4-10H2,1-3H3. The van der Waals surface area contributed by atoms with Gasteiger partial charge in [-0.25, -0.2) is 0 Å². The normalized spacial score (nSPS) is 20.3. The Kier molecular flexibility index (Phi) is 6.33. The summed E-state index contributed by atoms with van der Waals surface area (Å²) >= 11 is 0. The highest BCUT2D eigenvalue weighted by Gasteiger charge is 2.28. The number of rotatable bonds is 7. The van der Waals surface area contributed by atoms with Crippen LogP contribution in [0.3, 0.4) is 0 Å². The number of hydrogen-bond acceptors (Lipinski definition) is 4. The largest absolute Gasteiger partial charge is 0.466 e. The van der Waals surface area contributed by atoms with Crippen LogP contribution in [0.25, 0.3) is 0 Å². The molecule has 4 nitrogen and oxygen atoms in total. The second-order valence-electron chi connectivity index (χ2n) is 5.27. The molecular weight excluding hydrogens is 230 g/mol. The average Bonchev–Trinajstić information content (AvgIpc) is 2.75. The molecule has 1 unspecified atom stereocenters. The zero-order chi connectivity index (χ0) is 13.5. The van der Waals surface area contributed by atoms with Gasteiger partial charge in [0.25, 0.3) is 0 Å². The van der Waals surface area contributed by atoms with Gasteiger partial charge in [-0.15, -0.1) is 0 Å². The third kappa shape index (κ3) is 4.77. The summed E-state index contributed by atoms with van der Waals surface area (Å²) < 4.78 is 4.82. The Balaban J connectivity index is 2.29. The van der Waals surface area contributed by atoms with E-state index in [2.05, 4.69) is 18.7 Å². The number of esters is 1. The van der Waals surface area contributed by atoms with Crippen molar-refractivity contribution in [3.63, 3.8) is 0 Å². The van der Waals surface area contributed by atoms with Crippen molar-refractivity contribution in [2.45, 2.75) is 52.5 Å². The van der Waals surface area contributed by atoms with Crippen molar-refractivity contribution in [3.05, 3.63) is 0 Å². The molecule has 0 aromatic heterocycles. The number of carbonyl (C=O) groups excluding carboxylic acids is 2. The van der Waals surface area contributed by atoms with E-state index >= 15 is 0 Å². The lowest BCUT2D eigenvalue weighted by molar-refractivity contribution is -0.144. The lowest BCUT2D eigenvalue weighted by Crippen LogP contribution is -2.37. The van der Waals surface area contributed by atoms with Gasteiger partial charge in [0.2, 0.25) is 0 Å². The fourth-order valence-electron chi connectivity index (χ4n) is 2.58. The van der Waals surface area contributed by atoms with E-state index in [9.17, 15) is 9.59 Å². The molecule has 0 aliphatic carbocycles. The Bertz CT molecular complexity index is 289. The van der Waals surface area contributed by atoms with Crippen molar-refractivity contribution in [1.29, 1.82) is 0 Å². The Morgan fingerprint density at radius 3 is 2.67 bits per heavy atom. The fraction of sp³-hybridized carbons (Fsp3) is 0.857. The number of ether oxygens (including phenoxy) is 1. The molecule has 0 saturated carbocycles. The van der Waals surface area contributed by atoms with Crippen molar-refractivity contribution in [1.82, 2.24) is 4.90 Å². The topological polar surface area (TPSA) is 46.6 Å². The smallest absolute Gasteiger partial charge is 0.306 e. The summed E-state index contributed by atoms with van der Waals surface area (Å²) in [5.41, 5.74) is 0. The van der Waals surface area contributed by atoms with Gasteiger partial charge >= 0.3 is 5.97 Å². The van der Waals surface area contributed by atoms with Crippen molar-refractivity contribution in [2.24, 2.45) is 5.92 Å². The first kappa shape index (κ1) is 15.2. The highest BCUT2D eigenvalue weighted by atomic mass is 16.5. The summed E-state index contributed by atoms with van der Waals surface area (Å²) in [4.78, 5) is 25.3. The minimum atomic E-state index is -0.271. The highest BCUT2D eigenvalue weighted by molar-refractivity contribution is 5.84. The summed E-state index contributed by atoms with van der Waals surface area (Å²) in [6.45, 7) is 8.06. The average molecular weight is 255 g/mol. The van der Waals surface area contributed by atoms with Crippen LogP contribution in [0.2, 0.25) is 0 Å². The number of Topliss-reactive ketones (excluding diaryl/α,β-unsaturated/α-hetero) is 1. The van der Waals surface area contributed by atoms with E-state index in [-0.39, 0.29) is 18.2 Å². The second-order valence-corrected chi connectivity index (χ2v) is 5.27. The van der Waals surface area contributed by atoms with Crippen LogP contribution < -0.4 is 0 Å². The van der Waals surface area contributed by atoms with E-state index < -0.39 is 0 Å². The summed E-state index contributed by atoms with van der Waals surface area (Å²) in [6.07, 6.45) is 2.88. The van der Waals surface area contributed by atoms with Crippen LogP contribution in [0.1, 0.15) is 46.5 Å². The molecule has 0 aromatic rings. The Morgan fingerprint density at radius 1 is 1.33 bits per heavy atom. The maximum absolute atomic E-state index is 11.8. The van der Waals surface area contributed by atoms with Crippen molar-refractivity contribution < 1.29 is 14.3 Å². The molecule has 1 rings (SSSR count). The maximum Gasteiger partial charge on any atom is 0.306 e. The fourth-order valence-corrected chi connectivity index (χ4v) is 2.58. The minimum absolute atomic E-state index is 0.149. The van der Waals surface area contributed by atoms with Crippen LogP contribution in [0.4, 0.5) is 0 Å². The molecule has 1 saturated heterocycles. The van der Waals surface area contributed by atoms with E-state index in [1.54, 1.807) is 6.92 Å². The monoisotopic (exact) mass is 255 g/mol. The van der Waals surface area contributed by atoms with Gasteiger partial charge in [0, 0.05) is 12.5 Å². The highest BCUT2D eigenvalue weighted by Crippen LogP contribution is 2.23. The second kappa shape index (κ2) is 7.52. The Labute approximate surface area is 110 Å². The van der Waals surface area contributed by atoms with Crippen LogP contribution >= 0.6 is 0 Å². The molecule has 0 radical (unpaired) electrons. The van der Waals surface area contributed by atoms with Gasteiger partial charge in [-0.1, -0.05) is 13.8 Å². The van der Waals surface area contributed by atoms with Crippen molar-refractivity contribution in [3.8, 4) is 0 Å². The minimum Gasteiger partial charge on any atom is -0.466 e. The molecule has 0 spiro atoms. The Hall–Kier alpha value is -0.900. The molecule has 0 amide bonds. The van der Waals surface area contributed by atoms with E-state index in [1.165, 1.54) is 12.8 Å². The van der Waals surface area contributed by atoms with Gasteiger partial charge < -0.3 is 4.74 Å². The van der Waals surface area contributed by atoms with Gasteiger partial charge in [-0.05, 0) is 32.2 Å². The number of nitrogens with zero attached hydrogens (tertiary/aromatic N) is 1. The van der Waals surface area contributed by atoms with E-state index in [0.717, 1.165) is 6.54 Å². The van der Waals surface area contributed by atoms with Crippen LogP contribution in [-0.2, 0) is 14.3 Å². The first-order chi connectivity index (χ1) is 8.54. The van der Waals surface area contributed by atoms with Crippen LogP contribution in [-0.4, -0.2) is 42.4 Å². The SMILES string of the molecule is CCOC(=O)CCC(=O)CN1CCCC1C(C)C. The molecule has 1 heterocycles. The lowest BCUT2D eigenvalue weighted by atomic mass is 10.0. The summed E-state index contributed by atoms with van der Waals surface area (Å²) in [5.74, 6) is 0.466. The molecule has 4 heteroatoms. The molecule has 104 valence electrons. The number of carbonyl (C=O) groups is 2. The third-order valence-corrected chi connectivity index (χ3v) is 3.48. The van der Waals surface area contributed by atoms with Gasteiger partial charge in [-0.2, -0.15) is 0 Å². The maximum atomic E-state index is 11.8. The zero-order valence-electron chi connectivity index (χ0n) is 11.8. The molecule has 1 aliphatic rings. The molecule has 0 aromatic carbocycles. The quantitative estimate of drug-likeness (QED) is 0.653. The molecule has 1 fully saturated rings. The van der Waals surface area contributed by atoms with Gasteiger partial charge in [0.1, 0.15) is 5.78 Å². The summed E-state index contributed by atoms with van der Waals surface area (Å²) in [7, 11) is 0. The van der Waals surface area contributed by atoms with Crippen LogP contribution in [0, 0.1) is 5.92 Å². The van der Waals surface area contributed by atoms with E-state index in [4.69, 9.17) is 4.74 Å². The number of likely N-dealkylation sites (tertiary alicyclic amines) is 1. The first-order valence-electron chi connectivity index (χ1n) is 6.96. The predicted molar refractivity (Wildman–Crippen MR) is 70.3 cm³/mol. The summed E-state index contributed by atoms with van der Waals surface area (Å²) in [6, 6.07) is 0.525. The van der Waals surface area contributed by atoms with Gasteiger partial charge in [0.05, 0.1) is 19.6 Å². The molecular formula is C14H25NO3. The number of ketones is 1. The Morgan fingerprint density at radius 2 is 2.06 bits per heavy atom. The van der Waals surface area contributed by atoms with Crippen LogP contribution in [0.5, 0.6) is 0 Å². The molecule has 0 bridgehead atoms. The van der Waals surface area contributed by atoms with E-state index in [1.807, 2.05) is 0 Å². The van der Waals surface area contributed by atoms with E-state index in [0.29, 0.717) is 31.5 Å². The molecule has 18 heavy (non-hydrogen) atoms. The number of hydrogen-bond donors (Lipinski definition) is 0. The zero-order valence-corrected chi connectivity index (χ0v) is 11.8. The van der Waals surface area contributed by atoms with Crippen molar-refractivity contribution in [2.75, 3.05) is 19.7 Å². The van der Waals surface area contributed by atoms with Crippen molar-refractivity contribution >= 4 is 11.8 Å². The molecule has 1 atom stereocenters. The van der Waals surface area contributed by atoms with Gasteiger partial charge in [-0.3, -0.25) is 14.5 Å². The van der Waals surface area contributed by atoms with Crippen LogP contribution in [0.15, 0.2) is 0 Å². The summed E-state index contributed by atoms with van der Waals surface area (Å²) in [5, 5.41) is 0. The lowest BCUT2D eigenvalue weighted by Gasteiger charge is -2.26. The molecule has 0 N–H and O–H groups in total. The predicted octanol–water partition coefficient (Wildman–Crippen LogP) is 2.02.